The van der Waals surface area contributed by atoms with Gasteiger partial charge < -0.3 is 10.5 Å². The van der Waals surface area contributed by atoms with E-state index >= 15 is 0 Å². The molecule has 0 saturated carbocycles. The van der Waals surface area contributed by atoms with Gasteiger partial charge >= 0.3 is 0 Å². The van der Waals surface area contributed by atoms with Crippen molar-refractivity contribution in [3.8, 4) is 5.75 Å². The second-order valence-corrected chi connectivity index (χ2v) is 5.62. The van der Waals surface area contributed by atoms with Crippen LogP contribution in [0.1, 0.15) is 17.8 Å². The first-order valence-electron chi connectivity index (χ1n) is 6.57. The highest BCUT2D eigenvalue weighted by atomic mass is 32.2. The predicted molar refractivity (Wildman–Crippen MR) is 83.2 cm³/mol. The van der Waals surface area contributed by atoms with E-state index in [1.165, 1.54) is 0 Å². The van der Waals surface area contributed by atoms with E-state index in [1.807, 2.05) is 44.2 Å². The van der Waals surface area contributed by atoms with E-state index in [-0.39, 0.29) is 0 Å². The van der Waals surface area contributed by atoms with Crippen molar-refractivity contribution < 1.29 is 4.74 Å². The zero-order valence-electron chi connectivity index (χ0n) is 11.8. The normalized spacial score (nSPS) is 10.5. The zero-order chi connectivity index (χ0) is 14.4. The topological polar surface area (TPSA) is 61.0 Å². The molecule has 0 bridgehead atoms. The summed E-state index contributed by atoms with van der Waals surface area (Å²) < 4.78 is 5.64. The third kappa shape index (κ3) is 4.74. The molecule has 0 atom stereocenters. The average molecular weight is 289 g/mol. The molecule has 0 aliphatic carbocycles. The molecule has 1 heterocycles. The standard InChI is InChI=1S/C15H19N3OS/c1-11-9-12(2)18-15(17-11)20-8-4-7-19-14-6-3-5-13(16)10-14/h3,5-6,9-10H,4,7-8,16H2,1-2H3. The Kier molecular flexibility index (Phi) is 5.24. The lowest BCUT2D eigenvalue weighted by Crippen LogP contribution is -2.00. The first kappa shape index (κ1) is 14.7. The second-order valence-electron chi connectivity index (χ2n) is 4.56. The van der Waals surface area contributed by atoms with E-state index in [9.17, 15) is 0 Å². The molecule has 1 aromatic heterocycles. The molecule has 0 radical (unpaired) electrons. The van der Waals surface area contributed by atoms with Crippen LogP contribution in [0.25, 0.3) is 0 Å². The molecule has 0 unspecified atom stereocenters. The summed E-state index contributed by atoms with van der Waals surface area (Å²) in [6.07, 6.45) is 0.940. The molecule has 0 amide bonds. The van der Waals surface area contributed by atoms with Crippen LogP contribution in [0.2, 0.25) is 0 Å². The molecule has 2 N–H and O–H groups in total. The Morgan fingerprint density at radius 1 is 1.15 bits per heavy atom. The Bertz CT molecular complexity index is 555. The third-order valence-corrected chi connectivity index (χ3v) is 3.54. The quantitative estimate of drug-likeness (QED) is 0.383. The van der Waals surface area contributed by atoms with Gasteiger partial charge in [-0.3, -0.25) is 0 Å². The highest BCUT2D eigenvalue weighted by Gasteiger charge is 2.01. The Hall–Kier alpha value is -1.75. The zero-order valence-corrected chi connectivity index (χ0v) is 12.6. The lowest BCUT2D eigenvalue weighted by Gasteiger charge is -2.06. The SMILES string of the molecule is Cc1cc(C)nc(SCCCOc2cccc(N)c2)n1. The minimum atomic E-state index is 0.668. The number of nitrogens with two attached hydrogens (primary N) is 1. The molecule has 4 nitrogen and oxygen atoms in total. The molecule has 0 aliphatic heterocycles. The van der Waals surface area contributed by atoms with Gasteiger partial charge in [0.25, 0.3) is 0 Å². The summed E-state index contributed by atoms with van der Waals surface area (Å²) >= 11 is 1.66. The summed E-state index contributed by atoms with van der Waals surface area (Å²) in [6.45, 7) is 4.64. The maximum Gasteiger partial charge on any atom is 0.187 e. The van der Waals surface area contributed by atoms with Crippen molar-refractivity contribution in [2.75, 3.05) is 18.1 Å². The van der Waals surface area contributed by atoms with Gasteiger partial charge in [-0.05, 0) is 38.5 Å². The van der Waals surface area contributed by atoms with Crippen LogP contribution in [0.15, 0.2) is 35.5 Å². The summed E-state index contributed by atoms with van der Waals surface area (Å²) in [5.41, 5.74) is 8.44. The monoisotopic (exact) mass is 289 g/mol. The molecule has 106 valence electrons. The molecule has 1 aromatic carbocycles. The summed E-state index contributed by atoms with van der Waals surface area (Å²) in [6, 6.07) is 9.46. The maximum atomic E-state index is 5.69. The number of hydrogen-bond donors (Lipinski definition) is 1. The number of anilines is 1. The largest absolute Gasteiger partial charge is 0.493 e. The van der Waals surface area contributed by atoms with Crippen LogP contribution < -0.4 is 10.5 Å². The van der Waals surface area contributed by atoms with Crippen LogP contribution in [0, 0.1) is 13.8 Å². The number of nitrogens with zero attached hydrogens (tertiary/aromatic N) is 2. The van der Waals surface area contributed by atoms with Crippen LogP contribution in [-0.2, 0) is 0 Å². The van der Waals surface area contributed by atoms with Gasteiger partial charge in [0, 0.05) is 28.9 Å². The Balaban J connectivity index is 1.71. The first-order chi connectivity index (χ1) is 9.63. The number of benzene rings is 1. The molecule has 0 saturated heterocycles. The van der Waals surface area contributed by atoms with Crippen molar-refractivity contribution in [1.29, 1.82) is 0 Å². The van der Waals surface area contributed by atoms with Crippen molar-refractivity contribution in [3.05, 3.63) is 41.7 Å². The Morgan fingerprint density at radius 2 is 1.90 bits per heavy atom. The number of ether oxygens (including phenoxy) is 1. The van der Waals surface area contributed by atoms with Gasteiger partial charge in [0.15, 0.2) is 5.16 Å². The number of rotatable bonds is 6. The Morgan fingerprint density at radius 3 is 2.60 bits per heavy atom. The van der Waals surface area contributed by atoms with Crippen molar-refractivity contribution in [2.45, 2.75) is 25.4 Å². The van der Waals surface area contributed by atoms with Gasteiger partial charge in [0.05, 0.1) is 6.61 Å². The van der Waals surface area contributed by atoms with Crippen molar-refractivity contribution in [3.63, 3.8) is 0 Å². The summed E-state index contributed by atoms with van der Waals surface area (Å²) in [5.74, 6) is 1.75. The van der Waals surface area contributed by atoms with Gasteiger partial charge in [-0.25, -0.2) is 9.97 Å². The Labute approximate surface area is 123 Å². The molecule has 2 rings (SSSR count). The highest BCUT2D eigenvalue weighted by Crippen LogP contribution is 2.17. The number of aromatic nitrogens is 2. The van der Waals surface area contributed by atoms with Gasteiger partial charge in [0.2, 0.25) is 0 Å². The minimum Gasteiger partial charge on any atom is -0.493 e. The van der Waals surface area contributed by atoms with Crippen molar-refractivity contribution in [2.24, 2.45) is 0 Å². The fraction of sp³-hybridized carbons (Fsp3) is 0.333. The fourth-order valence-electron chi connectivity index (χ4n) is 1.77. The van der Waals surface area contributed by atoms with Crippen LogP contribution in [-0.4, -0.2) is 22.3 Å². The van der Waals surface area contributed by atoms with Gasteiger partial charge in [0.1, 0.15) is 5.75 Å². The van der Waals surface area contributed by atoms with E-state index < -0.39 is 0 Å². The van der Waals surface area contributed by atoms with Gasteiger partial charge in [-0.1, -0.05) is 17.8 Å². The smallest absolute Gasteiger partial charge is 0.187 e. The molecular formula is C15H19N3OS. The van der Waals surface area contributed by atoms with E-state index in [1.54, 1.807) is 11.8 Å². The minimum absolute atomic E-state index is 0.668. The predicted octanol–water partition coefficient (Wildman–Crippen LogP) is 3.24. The van der Waals surface area contributed by atoms with Crippen LogP contribution >= 0.6 is 11.8 Å². The highest BCUT2D eigenvalue weighted by molar-refractivity contribution is 7.99. The molecule has 20 heavy (non-hydrogen) atoms. The van der Waals surface area contributed by atoms with Gasteiger partial charge in [-0.2, -0.15) is 0 Å². The molecule has 0 fully saturated rings. The average Bonchev–Trinajstić information content (AvgIpc) is 2.37. The third-order valence-electron chi connectivity index (χ3n) is 2.61. The number of hydrogen-bond acceptors (Lipinski definition) is 5. The molecule has 0 spiro atoms. The van der Waals surface area contributed by atoms with Crippen LogP contribution in [0.4, 0.5) is 5.69 Å². The number of aryl methyl sites for hydroxylation is 2. The lowest BCUT2D eigenvalue weighted by molar-refractivity contribution is 0.319. The number of nitrogen functional groups attached to an aromatic ring is 1. The molecular weight excluding hydrogens is 270 g/mol. The van der Waals surface area contributed by atoms with E-state index in [4.69, 9.17) is 10.5 Å². The van der Waals surface area contributed by atoms with E-state index in [0.717, 1.165) is 40.2 Å². The van der Waals surface area contributed by atoms with E-state index in [2.05, 4.69) is 9.97 Å². The molecule has 0 aliphatic rings. The fourth-order valence-corrected chi connectivity index (χ4v) is 2.64. The van der Waals surface area contributed by atoms with Gasteiger partial charge in [-0.15, -0.1) is 0 Å². The first-order valence-corrected chi connectivity index (χ1v) is 7.55. The number of thioether (sulfide) groups is 1. The lowest BCUT2D eigenvalue weighted by atomic mass is 10.3. The van der Waals surface area contributed by atoms with Crippen molar-refractivity contribution >= 4 is 17.4 Å². The van der Waals surface area contributed by atoms with E-state index in [0.29, 0.717) is 6.61 Å². The van der Waals surface area contributed by atoms with Crippen LogP contribution in [0.3, 0.4) is 0 Å². The summed E-state index contributed by atoms with van der Waals surface area (Å²) in [4.78, 5) is 8.79. The summed E-state index contributed by atoms with van der Waals surface area (Å²) in [5, 5.41) is 0.839. The molecule has 2 aromatic rings. The molecule has 5 heteroatoms. The van der Waals surface area contributed by atoms with Crippen LogP contribution in [0.5, 0.6) is 5.75 Å². The summed E-state index contributed by atoms with van der Waals surface area (Å²) in [7, 11) is 0. The maximum absolute atomic E-state index is 5.69. The second kappa shape index (κ2) is 7.14. The van der Waals surface area contributed by atoms with Crippen molar-refractivity contribution in [1.82, 2.24) is 9.97 Å².